The number of aldehydes is 1. The lowest BCUT2D eigenvalue weighted by atomic mass is 9.96. The Labute approximate surface area is 93.7 Å². The van der Waals surface area contributed by atoms with Crippen LogP contribution in [0, 0.1) is 5.92 Å². The monoisotopic (exact) mass is 225 g/mol. The Hall–Kier alpha value is -1.78. The molecule has 16 heavy (non-hydrogen) atoms. The topological polar surface area (TPSA) is 70.8 Å². The number of carbonyl (C=O) groups excluding carboxylic acids is 1. The lowest BCUT2D eigenvalue weighted by Crippen LogP contribution is -2.33. The van der Waals surface area contributed by atoms with Crippen LogP contribution in [0.1, 0.15) is 25.1 Å². The second-order valence-electron chi connectivity index (χ2n) is 3.73. The molecule has 1 N–H and O–H groups in total. The Morgan fingerprint density at radius 1 is 1.69 bits per heavy atom. The van der Waals surface area contributed by atoms with E-state index >= 15 is 0 Å². The zero-order valence-corrected chi connectivity index (χ0v) is 9.29. The molecule has 0 aliphatic rings. The number of carbonyl (C=O) groups is 2. The molecule has 1 aromatic heterocycles. The summed E-state index contributed by atoms with van der Waals surface area (Å²) in [5, 5.41) is 8.96. The van der Waals surface area contributed by atoms with E-state index in [1.165, 1.54) is 13.3 Å². The van der Waals surface area contributed by atoms with E-state index in [1.807, 2.05) is 6.92 Å². The van der Waals surface area contributed by atoms with Gasteiger partial charge in [0.15, 0.2) is 0 Å². The summed E-state index contributed by atoms with van der Waals surface area (Å²) in [5.41, 5.74) is 0. The molecule has 0 saturated carbocycles. The Morgan fingerprint density at radius 2 is 2.38 bits per heavy atom. The first-order chi connectivity index (χ1) is 7.57. The van der Waals surface area contributed by atoms with Gasteiger partial charge >= 0.3 is 6.09 Å². The zero-order chi connectivity index (χ0) is 12.1. The van der Waals surface area contributed by atoms with E-state index in [-0.39, 0.29) is 5.92 Å². The van der Waals surface area contributed by atoms with Gasteiger partial charge in [-0.05, 0) is 18.1 Å². The molecular formula is C11H15NO4. The first kappa shape index (κ1) is 12.3. The fourth-order valence-corrected chi connectivity index (χ4v) is 1.71. The highest BCUT2D eigenvalue weighted by Gasteiger charge is 2.28. The molecule has 2 atom stereocenters. The highest BCUT2D eigenvalue weighted by atomic mass is 16.4. The van der Waals surface area contributed by atoms with Crippen LogP contribution in [0.25, 0.3) is 0 Å². The van der Waals surface area contributed by atoms with E-state index < -0.39 is 12.1 Å². The van der Waals surface area contributed by atoms with Gasteiger partial charge in [-0.2, -0.15) is 0 Å². The molecule has 0 aromatic carbocycles. The molecule has 1 rings (SSSR count). The lowest BCUT2D eigenvalue weighted by Gasteiger charge is -2.28. The molecule has 1 amide bonds. The van der Waals surface area contributed by atoms with Crippen molar-refractivity contribution >= 4 is 12.4 Å². The van der Waals surface area contributed by atoms with Gasteiger partial charge in [0.2, 0.25) is 0 Å². The molecule has 5 nitrogen and oxygen atoms in total. The van der Waals surface area contributed by atoms with Crippen molar-refractivity contribution in [3.8, 4) is 0 Å². The van der Waals surface area contributed by atoms with E-state index in [0.717, 1.165) is 11.2 Å². The molecule has 1 heterocycles. The standard InChI is InChI=1S/C11H15NO4/c1-8(5-6-13)10(12(2)11(14)15)9-4-3-7-16-9/h3-4,6-8,10H,5H2,1-2H3,(H,14,15)/t8-,10-/m0/s1. The van der Waals surface area contributed by atoms with Crippen molar-refractivity contribution in [3.63, 3.8) is 0 Å². The van der Waals surface area contributed by atoms with E-state index in [9.17, 15) is 9.59 Å². The van der Waals surface area contributed by atoms with Gasteiger partial charge in [-0.25, -0.2) is 4.79 Å². The summed E-state index contributed by atoms with van der Waals surface area (Å²) in [5.74, 6) is 0.434. The number of carboxylic acid groups (broad SMARTS) is 1. The SMILES string of the molecule is C[C@@H](CC=O)[C@@H](c1ccco1)N(C)C(=O)O. The van der Waals surface area contributed by atoms with Crippen LogP contribution in [0.2, 0.25) is 0 Å². The molecule has 0 bridgehead atoms. The summed E-state index contributed by atoms with van der Waals surface area (Å²) in [6.45, 7) is 1.82. The first-order valence-electron chi connectivity index (χ1n) is 5.00. The molecule has 0 aliphatic carbocycles. The number of rotatable bonds is 5. The molecule has 0 fully saturated rings. The van der Waals surface area contributed by atoms with Crippen LogP contribution in [0.3, 0.4) is 0 Å². The van der Waals surface area contributed by atoms with Crippen molar-refractivity contribution in [2.24, 2.45) is 5.92 Å². The predicted molar refractivity (Wildman–Crippen MR) is 57.1 cm³/mol. The van der Waals surface area contributed by atoms with Gasteiger partial charge in [-0.3, -0.25) is 0 Å². The summed E-state index contributed by atoms with van der Waals surface area (Å²) in [6, 6.07) is 2.98. The summed E-state index contributed by atoms with van der Waals surface area (Å²) in [4.78, 5) is 22.6. The van der Waals surface area contributed by atoms with Gasteiger partial charge < -0.3 is 19.2 Å². The van der Waals surface area contributed by atoms with Crippen molar-refractivity contribution in [2.45, 2.75) is 19.4 Å². The van der Waals surface area contributed by atoms with Crippen LogP contribution < -0.4 is 0 Å². The van der Waals surface area contributed by atoms with Crippen LogP contribution in [-0.4, -0.2) is 29.4 Å². The Balaban J connectivity index is 2.93. The minimum atomic E-state index is -1.04. The minimum absolute atomic E-state index is 0.121. The number of hydrogen-bond acceptors (Lipinski definition) is 3. The highest BCUT2D eigenvalue weighted by Crippen LogP contribution is 2.29. The molecule has 0 radical (unpaired) electrons. The van der Waals surface area contributed by atoms with Crippen LogP contribution in [0.15, 0.2) is 22.8 Å². The van der Waals surface area contributed by atoms with Gasteiger partial charge in [0, 0.05) is 13.5 Å². The van der Waals surface area contributed by atoms with Crippen LogP contribution >= 0.6 is 0 Å². The number of nitrogens with zero attached hydrogens (tertiary/aromatic N) is 1. The predicted octanol–water partition coefficient (Wildman–Crippen LogP) is 2.16. The van der Waals surface area contributed by atoms with Crippen LogP contribution in [0.4, 0.5) is 4.79 Å². The van der Waals surface area contributed by atoms with Gasteiger partial charge in [0.1, 0.15) is 12.0 Å². The third-order valence-electron chi connectivity index (χ3n) is 2.56. The van der Waals surface area contributed by atoms with Gasteiger partial charge in [0.25, 0.3) is 0 Å². The molecular weight excluding hydrogens is 210 g/mol. The second-order valence-corrected chi connectivity index (χ2v) is 3.73. The van der Waals surface area contributed by atoms with Crippen LogP contribution in [-0.2, 0) is 4.79 Å². The van der Waals surface area contributed by atoms with Gasteiger partial charge in [-0.15, -0.1) is 0 Å². The molecule has 5 heteroatoms. The van der Waals surface area contributed by atoms with E-state index in [2.05, 4.69) is 0 Å². The maximum absolute atomic E-state index is 10.9. The summed E-state index contributed by atoms with van der Waals surface area (Å²) < 4.78 is 5.21. The van der Waals surface area contributed by atoms with Crippen molar-refractivity contribution in [1.82, 2.24) is 4.90 Å². The Kier molecular flexibility index (Phi) is 4.10. The fourth-order valence-electron chi connectivity index (χ4n) is 1.71. The zero-order valence-electron chi connectivity index (χ0n) is 9.29. The van der Waals surface area contributed by atoms with E-state index in [0.29, 0.717) is 12.2 Å². The molecule has 1 aromatic rings. The number of hydrogen-bond donors (Lipinski definition) is 1. The Morgan fingerprint density at radius 3 is 2.81 bits per heavy atom. The average molecular weight is 225 g/mol. The van der Waals surface area contributed by atoms with Crippen molar-refractivity contribution in [1.29, 1.82) is 0 Å². The number of furan rings is 1. The summed E-state index contributed by atoms with van der Waals surface area (Å²) in [7, 11) is 1.47. The smallest absolute Gasteiger partial charge is 0.407 e. The van der Waals surface area contributed by atoms with E-state index in [1.54, 1.807) is 12.1 Å². The largest absolute Gasteiger partial charge is 0.467 e. The van der Waals surface area contributed by atoms with Gasteiger partial charge in [-0.1, -0.05) is 6.92 Å². The van der Waals surface area contributed by atoms with Crippen molar-refractivity contribution < 1.29 is 19.1 Å². The molecule has 0 unspecified atom stereocenters. The van der Waals surface area contributed by atoms with E-state index in [4.69, 9.17) is 9.52 Å². The Bertz CT molecular complexity index is 347. The van der Waals surface area contributed by atoms with Crippen molar-refractivity contribution in [3.05, 3.63) is 24.2 Å². The molecule has 0 saturated heterocycles. The minimum Gasteiger partial charge on any atom is -0.467 e. The maximum atomic E-state index is 10.9. The molecule has 0 spiro atoms. The third-order valence-corrected chi connectivity index (χ3v) is 2.56. The molecule has 88 valence electrons. The number of amides is 1. The maximum Gasteiger partial charge on any atom is 0.407 e. The highest BCUT2D eigenvalue weighted by molar-refractivity contribution is 5.65. The lowest BCUT2D eigenvalue weighted by molar-refractivity contribution is -0.109. The summed E-state index contributed by atoms with van der Waals surface area (Å²) in [6.07, 6.45) is 1.53. The second kappa shape index (κ2) is 5.34. The third kappa shape index (κ3) is 2.62. The normalized spacial score (nSPS) is 14.1. The average Bonchev–Trinajstić information content (AvgIpc) is 2.71. The van der Waals surface area contributed by atoms with Gasteiger partial charge in [0.05, 0.1) is 12.3 Å². The van der Waals surface area contributed by atoms with Crippen LogP contribution in [0.5, 0.6) is 0 Å². The quantitative estimate of drug-likeness (QED) is 0.779. The fraction of sp³-hybridized carbons (Fsp3) is 0.455. The summed E-state index contributed by atoms with van der Waals surface area (Å²) >= 11 is 0. The van der Waals surface area contributed by atoms with Crippen molar-refractivity contribution in [2.75, 3.05) is 7.05 Å². The molecule has 0 aliphatic heterocycles. The first-order valence-corrected chi connectivity index (χ1v) is 5.00.